The molecule has 43 heavy (non-hydrogen) atoms. The van der Waals surface area contributed by atoms with Crippen molar-refractivity contribution in [1.82, 2.24) is 19.7 Å². The Kier molecular flexibility index (Phi) is 7.39. The van der Waals surface area contributed by atoms with Gasteiger partial charge in [0.2, 0.25) is 5.95 Å². The lowest BCUT2D eigenvalue weighted by Gasteiger charge is -2.16. The fourth-order valence-corrected chi connectivity index (χ4v) is 5.32. The van der Waals surface area contributed by atoms with Gasteiger partial charge in [0, 0.05) is 47.4 Å². The number of amides is 1. The number of carbonyl (C=O) groups excluding carboxylic acids is 2. The van der Waals surface area contributed by atoms with Crippen LogP contribution in [0.3, 0.4) is 0 Å². The zero-order valence-corrected chi connectivity index (χ0v) is 24.9. The van der Waals surface area contributed by atoms with E-state index in [1.807, 2.05) is 73.7 Å². The summed E-state index contributed by atoms with van der Waals surface area (Å²) >= 11 is 0. The second-order valence-corrected chi connectivity index (χ2v) is 12.0. The van der Waals surface area contributed by atoms with E-state index in [1.54, 1.807) is 16.9 Å². The summed E-state index contributed by atoms with van der Waals surface area (Å²) in [5, 5.41) is 12.5. The Morgan fingerprint density at radius 2 is 1.65 bits per heavy atom. The molecule has 0 bridgehead atoms. The molecule has 1 aliphatic heterocycles. The second-order valence-electron chi connectivity index (χ2n) is 12.0. The highest BCUT2D eigenvalue weighted by Crippen LogP contribution is 2.31. The van der Waals surface area contributed by atoms with Crippen LogP contribution in [0.4, 0.5) is 23.3 Å². The average Bonchev–Trinajstić information content (AvgIpc) is 3.68. The molecule has 0 unspecified atom stereocenters. The van der Waals surface area contributed by atoms with Gasteiger partial charge in [-0.15, -0.1) is 0 Å². The Morgan fingerprint density at radius 3 is 2.40 bits per heavy atom. The zero-order valence-electron chi connectivity index (χ0n) is 24.9. The lowest BCUT2D eigenvalue weighted by molar-refractivity contribution is -0.112. The topological polar surface area (TPSA) is 105 Å². The highest BCUT2D eigenvalue weighted by molar-refractivity contribution is 6.48. The van der Waals surface area contributed by atoms with Crippen molar-refractivity contribution in [2.45, 2.75) is 46.0 Å². The molecule has 9 nitrogen and oxygen atoms in total. The molecule has 9 heteroatoms. The van der Waals surface area contributed by atoms with Gasteiger partial charge in [-0.05, 0) is 61.0 Å². The Labute approximate surface area is 251 Å². The number of hydrogen-bond acceptors (Lipinski definition) is 7. The monoisotopic (exact) mass is 573 g/mol. The smallest absolute Gasteiger partial charge is 0.297 e. The molecule has 5 aromatic rings. The van der Waals surface area contributed by atoms with Crippen molar-refractivity contribution in [3.05, 3.63) is 95.8 Å². The molecule has 0 spiro atoms. The van der Waals surface area contributed by atoms with Gasteiger partial charge in [0.05, 0.1) is 11.4 Å². The van der Waals surface area contributed by atoms with E-state index in [9.17, 15) is 9.59 Å². The average molecular weight is 574 g/mol. The van der Waals surface area contributed by atoms with Gasteiger partial charge in [0.15, 0.2) is 0 Å². The third kappa shape index (κ3) is 5.83. The molecule has 1 saturated heterocycles. The summed E-state index contributed by atoms with van der Waals surface area (Å²) in [7, 11) is 0. The van der Waals surface area contributed by atoms with Crippen LogP contribution in [0.25, 0.3) is 16.5 Å². The first-order chi connectivity index (χ1) is 20.7. The summed E-state index contributed by atoms with van der Waals surface area (Å²) in [6, 6.07) is 22.6. The summed E-state index contributed by atoms with van der Waals surface area (Å²) in [6.07, 6.45) is 4.03. The van der Waals surface area contributed by atoms with Crippen LogP contribution in [0.2, 0.25) is 0 Å². The maximum atomic E-state index is 13.6. The van der Waals surface area contributed by atoms with Crippen LogP contribution in [0, 0.1) is 6.92 Å². The minimum absolute atomic E-state index is 0.253. The Bertz CT molecular complexity index is 1830. The van der Waals surface area contributed by atoms with Gasteiger partial charge in [-0.1, -0.05) is 57.2 Å². The Hall–Kier alpha value is -5.05. The fourth-order valence-electron chi connectivity index (χ4n) is 5.32. The Balaban J connectivity index is 1.29. The number of benzene rings is 3. The van der Waals surface area contributed by atoms with Crippen LogP contribution < -0.4 is 15.5 Å². The van der Waals surface area contributed by atoms with E-state index in [2.05, 4.69) is 41.3 Å². The first-order valence-corrected chi connectivity index (χ1v) is 14.6. The number of Topliss-reactive ketones (excluding diaryl/α,β-unsaturated/α-hetero) is 1. The molecular formula is C34H35N7O2. The van der Waals surface area contributed by atoms with E-state index < -0.39 is 11.7 Å². The molecule has 1 amide bonds. The van der Waals surface area contributed by atoms with Crippen molar-refractivity contribution in [3.8, 4) is 5.69 Å². The fraction of sp³-hybridized carbons (Fsp3) is 0.265. The number of rotatable bonds is 7. The summed E-state index contributed by atoms with van der Waals surface area (Å²) in [4.78, 5) is 38.4. The maximum absolute atomic E-state index is 13.6. The highest BCUT2D eigenvalue weighted by atomic mass is 16.2. The molecule has 3 aromatic carbocycles. The van der Waals surface area contributed by atoms with Crippen LogP contribution in [-0.4, -0.2) is 44.5 Å². The van der Waals surface area contributed by atoms with Gasteiger partial charge in [-0.3, -0.25) is 9.59 Å². The molecule has 3 heterocycles. The van der Waals surface area contributed by atoms with E-state index in [4.69, 9.17) is 10.1 Å². The molecule has 6 rings (SSSR count). The summed E-state index contributed by atoms with van der Waals surface area (Å²) < 4.78 is 1.68. The first kappa shape index (κ1) is 28.1. The van der Waals surface area contributed by atoms with E-state index in [0.717, 1.165) is 53.9 Å². The number of aryl methyl sites for hydroxylation is 1. The van der Waals surface area contributed by atoms with Crippen molar-refractivity contribution < 1.29 is 9.59 Å². The van der Waals surface area contributed by atoms with E-state index in [1.165, 1.54) is 0 Å². The van der Waals surface area contributed by atoms with Gasteiger partial charge >= 0.3 is 0 Å². The molecule has 218 valence electrons. The SMILES string of the molecule is Cc1cccc(-n2nc(C(C)(C)C)cc2NC(=O)C(=O)c2ccc(Nc3ccnc(N4CCCC4)n3)c3ccccc23)c1. The van der Waals surface area contributed by atoms with Crippen molar-refractivity contribution in [3.63, 3.8) is 0 Å². The quantitative estimate of drug-likeness (QED) is 0.167. The van der Waals surface area contributed by atoms with Gasteiger partial charge in [-0.2, -0.15) is 10.1 Å². The predicted molar refractivity (Wildman–Crippen MR) is 171 cm³/mol. The van der Waals surface area contributed by atoms with Crippen molar-refractivity contribution in [2.24, 2.45) is 0 Å². The largest absolute Gasteiger partial charge is 0.341 e. The number of aromatic nitrogens is 4. The lowest BCUT2D eigenvalue weighted by Crippen LogP contribution is -2.24. The lowest BCUT2D eigenvalue weighted by atomic mass is 9.92. The maximum Gasteiger partial charge on any atom is 0.297 e. The number of carbonyl (C=O) groups is 2. The van der Waals surface area contributed by atoms with Crippen LogP contribution in [0.5, 0.6) is 0 Å². The van der Waals surface area contributed by atoms with Gasteiger partial charge < -0.3 is 15.5 Å². The number of fused-ring (bicyclic) bond motifs is 1. The summed E-state index contributed by atoms with van der Waals surface area (Å²) in [5.41, 5.74) is 3.51. The number of nitrogens with zero attached hydrogens (tertiary/aromatic N) is 5. The molecule has 0 aliphatic carbocycles. The number of nitrogens with one attached hydrogen (secondary N) is 2. The molecular weight excluding hydrogens is 538 g/mol. The standard InChI is InChI=1S/C34H35N7O2/c1-22-10-9-11-23(20-22)41-30(21-28(39-41)34(2,3)4)38-32(43)31(42)26-14-15-27(25-13-6-5-12-24(25)26)36-29-16-17-35-33(37-29)40-18-7-8-19-40/h5-6,9-17,20-21H,7-8,18-19H2,1-4H3,(H,38,43)(H,35,36,37). The molecule has 0 atom stereocenters. The Morgan fingerprint density at radius 1 is 0.884 bits per heavy atom. The predicted octanol–water partition coefficient (Wildman–Crippen LogP) is 6.59. The van der Waals surface area contributed by atoms with Crippen LogP contribution in [0.15, 0.2) is 79.0 Å². The molecule has 2 aromatic heterocycles. The zero-order chi connectivity index (χ0) is 30.1. The van der Waals surface area contributed by atoms with Gasteiger partial charge in [-0.25, -0.2) is 9.67 Å². The van der Waals surface area contributed by atoms with Crippen molar-refractivity contribution in [2.75, 3.05) is 28.6 Å². The molecule has 0 radical (unpaired) electrons. The van der Waals surface area contributed by atoms with Crippen molar-refractivity contribution >= 4 is 45.7 Å². The van der Waals surface area contributed by atoms with Gasteiger partial charge in [0.25, 0.3) is 11.7 Å². The molecule has 1 fully saturated rings. The van der Waals surface area contributed by atoms with Crippen LogP contribution >= 0.6 is 0 Å². The number of anilines is 4. The third-order valence-corrected chi connectivity index (χ3v) is 7.64. The summed E-state index contributed by atoms with van der Waals surface area (Å²) in [6.45, 7) is 10.1. The minimum Gasteiger partial charge on any atom is -0.341 e. The minimum atomic E-state index is -0.730. The van der Waals surface area contributed by atoms with Crippen LogP contribution in [0.1, 0.15) is 55.2 Å². The van der Waals surface area contributed by atoms with E-state index in [0.29, 0.717) is 28.5 Å². The van der Waals surface area contributed by atoms with Gasteiger partial charge in [0.1, 0.15) is 11.6 Å². The summed E-state index contributed by atoms with van der Waals surface area (Å²) in [5.74, 6) is 0.448. The molecule has 0 saturated carbocycles. The highest BCUT2D eigenvalue weighted by Gasteiger charge is 2.25. The van der Waals surface area contributed by atoms with E-state index in [-0.39, 0.29) is 5.41 Å². The third-order valence-electron chi connectivity index (χ3n) is 7.64. The second kappa shape index (κ2) is 11.3. The van der Waals surface area contributed by atoms with Crippen molar-refractivity contribution in [1.29, 1.82) is 0 Å². The molecule has 1 aliphatic rings. The number of ketones is 1. The molecule has 2 N–H and O–H groups in total. The normalized spacial score (nSPS) is 13.3. The first-order valence-electron chi connectivity index (χ1n) is 14.6. The van der Waals surface area contributed by atoms with E-state index >= 15 is 0 Å². The van der Waals surface area contributed by atoms with Crippen LogP contribution in [-0.2, 0) is 10.2 Å². The number of hydrogen-bond donors (Lipinski definition) is 2.